The number of hydrogen-bond donors (Lipinski definition) is 2. The molecule has 1 aromatic carbocycles. The van der Waals surface area contributed by atoms with Crippen LogP contribution in [0.4, 0.5) is 0 Å². The zero-order chi connectivity index (χ0) is 18.5. The smallest absolute Gasteiger partial charge is 0.253 e. The Balaban J connectivity index is 1.57. The van der Waals surface area contributed by atoms with Crippen molar-refractivity contribution in [2.75, 3.05) is 32.7 Å². The van der Waals surface area contributed by atoms with Gasteiger partial charge < -0.3 is 15.5 Å². The van der Waals surface area contributed by atoms with Gasteiger partial charge in [-0.15, -0.1) is 0 Å². The van der Waals surface area contributed by atoms with E-state index in [1.54, 1.807) is 23.1 Å². The van der Waals surface area contributed by atoms with Crippen LogP contribution in [0.1, 0.15) is 29.6 Å². The summed E-state index contributed by atoms with van der Waals surface area (Å²) in [6.07, 6.45) is 4.72. The fraction of sp³-hybridized carbons (Fsp3) is 0.474. The molecule has 26 heavy (non-hydrogen) atoms. The van der Waals surface area contributed by atoms with E-state index in [-0.39, 0.29) is 17.7 Å². The van der Waals surface area contributed by atoms with Gasteiger partial charge in [0.1, 0.15) is 0 Å². The van der Waals surface area contributed by atoms with Gasteiger partial charge in [0.25, 0.3) is 5.91 Å². The first-order valence-electron chi connectivity index (χ1n) is 8.95. The van der Waals surface area contributed by atoms with Crippen molar-refractivity contribution < 1.29 is 9.59 Å². The molecule has 2 heterocycles. The highest BCUT2D eigenvalue weighted by molar-refractivity contribution is 6.42. The number of hydrogen-bond acceptors (Lipinski definition) is 3. The first-order chi connectivity index (χ1) is 12.5. The standard InChI is InChI=1S/C19H23Cl2N3O2/c20-16-4-3-14(10-17(16)21)19(26)24-9-1-2-15(12-24)18(25)23-11-13-5-7-22-8-6-13/h3-5,10,15,22H,1-2,6-9,11-12H2,(H,23,25). The second kappa shape index (κ2) is 8.89. The van der Waals surface area contributed by atoms with Crippen LogP contribution in [-0.2, 0) is 4.79 Å². The Labute approximate surface area is 163 Å². The third-order valence-electron chi connectivity index (χ3n) is 4.89. The van der Waals surface area contributed by atoms with Crippen molar-refractivity contribution in [2.45, 2.75) is 19.3 Å². The minimum absolute atomic E-state index is 0.0241. The van der Waals surface area contributed by atoms with Crippen molar-refractivity contribution in [1.82, 2.24) is 15.5 Å². The van der Waals surface area contributed by atoms with Crippen LogP contribution in [0.5, 0.6) is 0 Å². The maximum absolute atomic E-state index is 12.7. The van der Waals surface area contributed by atoms with Gasteiger partial charge in [0.2, 0.25) is 5.91 Å². The number of halogens is 2. The van der Waals surface area contributed by atoms with Crippen LogP contribution in [0.2, 0.25) is 10.0 Å². The molecule has 0 saturated carbocycles. The van der Waals surface area contributed by atoms with Crippen molar-refractivity contribution in [1.29, 1.82) is 0 Å². The Bertz CT molecular complexity index is 721. The quantitative estimate of drug-likeness (QED) is 0.770. The molecule has 2 aliphatic rings. The molecule has 7 heteroatoms. The van der Waals surface area contributed by atoms with Gasteiger partial charge in [0.15, 0.2) is 0 Å². The van der Waals surface area contributed by atoms with Crippen molar-refractivity contribution in [3.8, 4) is 0 Å². The van der Waals surface area contributed by atoms with Crippen LogP contribution >= 0.6 is 23.2 Å². The number of piperidine rings is 1. The molecule has 1 unspecified atom stereocenters. The van der Waals surface area contributed by atoms with Crippen LogP contribution in [-0.4, -0.2) is 49.4 Å². The first-order valence-corrected chi connectivity index (χ1v) is 9.71. The van der Waals surface area contributed by atoms with Gasteiger partial charge in [0.05, 0.1) is 16.0 Å². The summed E-state index contributed by atoms with van der Waals surface area (Å²) >= 11 is 11.9. The largest absolute Gasteiger partial charge is 0.352 e. The molecule has 0 spiro atoms. The van der Waals surface area contributed by atoms with Crippen molar-refractivity contribution >= 4 is 35.0 Å². The van der Waals surface area contributed by atoms with Gasteiger partial charge >= 0.3 is 0 Å². The van der Waals surface area contributed by atoms with Crippen LogP contribution in [0, 0.1) is 5.92 Å². The zero-order valence-corrected chi connectivity index (χ0v) is 16.1. The Morgan fingerprint density at radius 2 is 2.12 bits per heavy atom. The number of nitrogens with one attached hydrogen (secondary N) is 2. The normalized spacial score (nSPS) is 20.5. The highest BCUT2D eigenvalue weighted by atomic mass is 35.5. The fourth-order valence-electron chi connectivity index (χ4n) is 3.36. The molecule has 1 saturated heterocycles. The van der Waals surface area contributed by atoms with Gasteiger partial charge in [0, 0.05) is 31.7 Å². The monoisotopic (exact) mass is 395 g/mol. The lowest BCUT2D eigenvalue weighted by atomic mass is 9.96. The lowest BCUT2D eigenvalue weighted by molar-refractivity contribution is -0.126. The van der Waals surface area contributed by atoms with Crippen LogP contribution in [0.3, 0.4) is 0 Å². The summed E-state index contributed by atoms with van der Waals surface area (Å²) in [6, 6.07) is 4.88. The van der Waals surface area contributed by atoms with Gasteiger partial charge in [-0.3, -0.25) is 9.59 Å². The average molecular weight is 396 g/mol. The molecule has 3 rings (SSSR count). The first kappa shape index (κ1) is 19.2. The number of carbonyl (C=O) groups excluding carboxylic acids is 2. The van der Waals surface area contributed by atoms with E-state index < -0.39 is 0 Å². The molecular formula is C19H23Cl2N3O2. The molecule has 0 aliphatic carbocycles. The van der Waals surface area contributed by atoms with Crippen molar-refractivity contribution in [2.24, 2.45) is 5.92 Å². The Morgan fingerprint density at radius 1 is 1.27 bits per heavy atom. The number of likely N-dealkylation sites (tertiary alicyclic amines) is 1. The topological polar surface area (TPSA) is 61.4 Å². The maximum atomic E-state index is 12.7. The van der Waals surface area contributed by atoms with Crippen molar-refractivity contribution in [3.63, 3.8) is 0 Å². The molecule has 0 bridgehead atoms. The highest BCUT2D eigenvalue weighted by Gasteiger charge is 2.29. The second-order valence-electron chi connectivity index (χ2n) is 6.75. The van der Waals surface area contributed by atoms with E-state index in [1.807, 2.05) is 0 Å². The van der Waals surface area contributed by atoms with Crippen LogP contribution in [0.15, 0.2) is 29.8 Å². The third-order valence-corrected chi connectivity index (χ3v) is 5.63. The Kier molecular flexibility index (Phi) is 6.57. The number of amides is 2. The lowest BCUT2D eigenvalue weighted by Gasteiger charge is -2.32. The summed E-state index contributed by atoms with van der Waals surface area (Å²) in [5.41, 5.74) is 1.76. The second-order valence-corrected chi connectivity index (χ2v) is 7.57. The van der Waals surface area contributed by atoms with E-state index in [1.165, 1.54) is 5.57 Å². The van der Waals surface area contributed by atoms with Gasteiger partial charge in [-0.2, -0.15) is 0 Å². The number of rotatable bonds is 4. The Hall–Kier alpha value is -1.56. The minimum Gasteiger partial charge on any atom is -0.352 e. The van der Waals surface area contributed by atoms with Crippen LogP contribution < -0.4 is 10.6 Å². The molecule has 1 aromatic rings. The van der Waals surface area contributed by atoms with E-state index in [2.05, 4.69) is 16.7 Å². The summed E-state index contributed by atoms with van der Waals surface area (Å²) in [6.45, 7) is 3.50. The number of benzene rings is 1. The molecule has 2 amide bonds. The third kappa shape index (κ3) is 4.78. The molecule has 1 atom stereocenters. The molecule has 0 aromatic heterocycles. The zero-order valence-electron chi connectivity index (χ0n) is 14.6. The van der Waals surface area contributed by atoms with Gasteiger partial charge in [-0.25, -0.2) is 0 Å². The molecular weight excluding hydrogens is 373 g/mol. The molecule has 5 nitrogen and oxygen atoms in total. The predicted octanol–water partition coefficient (Wildman–Crippen LogP) is 2.88. The van der Waals surface area contributed by atoms with E-state index in [9.17, 15) is 9.59 Å². The molecule has 2 aliphatic heterocycles. The molecule has 0 radical (unpaired) electrons. The average Bonchev–Trinajstić information content (AvgIpc) is 2.68. The highest BCUT2D eigenvalue weighted by Crippen LogP contribution is 2.25. The summed E-state index contributed by atoms with van der Waals surface area (Å²) in [5, 5.41) is 7.07. The number of carbonyl (C=O) groups is 2. The van der Waals surface area contributed by atoms with E-state index in [4.69, 9.17) is 23.2 Å². The van der Waals surface area contributed by atoms with E-state index in [0.717, 1.165) is 32.4 Å². The van der Waals surface area contributed by atoms with Gasteiger partial charge in [-0.1, -0.05) is 34.9 Å². The van der Waals surface area contributed by atoms with Crippen LogP contribution in [0.25, 0.3) is 0 Å². The maximum Gasteiger partial charge on any atom is 0.253 e. The molecule has 2 N–H and O–H groups in total. The summed E-state index contributed by atoms with van der Waals surface area (Å²) in [5.74, 6) is -0.254. The van der Waals surface area contributed by atoms with E-state index >= 15 is 0 Å². The minimum atomic E-state index is -0.169. The van der Waals surface area contributed by atoms with E-state index in [0.29, 0.717) is 35.2 Å². The summed E-state index contributed by atoms with van der Waals surface area (Å²) in [4.78, 5) is 27.0. The number of nitrogens with zero attached hydrogens (tertiary/aromatic N) is 1. The van der Waals surface area contributed by atoms with Crippen molar-refractivity contribution in [3.05, 3.63) is 45.5 Å². The summed E-state index contributed by atoms with van der Waals surface area (Å²) in [7, 11) is 0. The predicted molar refractivity (Wildman–Crippen MR) is 104 cm³/mol. The molecule has 1 fully saturated rings. The summed E-state index contributed by atoms with van der Waals surface area (Å²) < 4.78 is 0. The lowest BCUT2D eigenvalue weighted by Crippen LogP contribution is -2.45. The molecule has 140 valence electrons. The SMILES string of the molecule is O=C(NCC1=CCNCC1)C1CCCN(C(=O)c2ccc(Cl)c(Cl)c2)C1. The Morgan fingerprint density at radius 3 is 2.85 bits per heavy atom. The fourth-order valence-corrected chi connectivity index (χ4v) is 3.66. The van der Waals surface area contributed by atoms with Gasteiger partial charge in [-0.05, 0) is 44.0 Å².